The minimum atomic E-state index is -0.285. The van der Waals surface area contributed by atoms with Crippen LogP contribution in [0, 0.1) is 11.2 Å². The molecule has 2 nitrogen and oxygen atoms in total. The van der Waals surface area contributed by atoms with E-state index in [0.717, 1.165) is 12.4 Å². The predicted molar refractivity (Wildman–Crippen MR) is 54.6 cm³/mol. The lowest BCUT2D eigenvalue weighted by molar-refractivity contribution is 0.520. The van der Waals surface area contributed by atoms with E-state index in [9.17, 15) is 4.39 Å². The van der Waals surface area contributed by atoms with Crippen LogP contribution in [0.25, 0.3) is 0 Å². The van der Waals surface area contributed by atoms with Crippen LogP contribution in [0.1, 0.15) is 26.2 Å². The van der Waals surface area contributed by atoms with Crippen molar-refractivity contribution >= 4 is 5.82 Å². The van der Waals surface area contributed by atoms with Crippen molar-refractivity contribution < 1.29 is 4.39 Å². The van der Waals surface area contributed by atoms with Gasteiger partial charge in [-0.05, 0) is 36.8 Å². The summed E-state index contributed by atoms with van der Waals surface area (Å²) in [6, 6.07) is 3.11. The Kier molecular flexibility index (Phi) is 2.40. The Labute approximate surface area is 83.6 Å². The van der Waals surface area contributed by atoms with E-state index < -0.39 is 0 Å². The molecule has 76 valence electrons. The summed E-state index contributed by atoms with van der Waals surface area (Å²) in [6.07, 6.45) is 5.06. The minimum Gasteiger partial charge on any atom is -0.370 e. The van der Waals surface area contributed by atoms with Crippen molar-refractivity contribution in [1.29, 1.82) is 0 Å². The van der Waals surface area contributed by atoms with Crippen molar-refractivity contribution in [3.8, 4) is 0 Å². The highest BCUT2D eigenvalue weighted by Crippen LogP contribution is 2.48. The lowest BCUT2D eigenvalue weighted by atomic mass is 10.0. The van der Waals surface area contributed by atoms with Crippen LogP contribution in [0.3, 0.4) is 0 Å². The quantitative estimate of drug-likeness (QED) is 0.797. The molecule has 1 saturated carbocycles. The number of hydrogen-bond acceptors (Lipinski definition) is 2. The summed E-state index contributed by atoms with van der Waals surface area (Å²) < 4.78 is 12.5. The molecule has 1 N–H and O–H groups in total. The Morgan fingerprint density at radius 2 is 2.29 bits per heavy atom. The second-order valence-corrected chi connectivity index (χ2v) is 4.07. The van der Waals surface area contributed by atoms with Gasteiger partial charge in [0.1, 0.15) is 11.6 Å². The molecule has 0 aliphatic heterocycles. The molecule has 0 spiro atoms. The molecular formula is C11H15FN2. The van der Waals surface area contributed by atoms with Crippen molar-refractivity contribution in [2.24, 2.45) is 5.41 Å². The van der Waals surface area contributed by atoms with Gasteiger partial charge in [0.05, 0.1) is 6.20 Å². The zero-order valence-electron chi connectivity index (χ0n) is 8.39. The molecule has 0 bridgehead atoms. The van der Waals surface area contributed by atoms with Gasteiger partial charge >= 0.3 is 0 Å². The fourth-order valence-corrected chi connectivity index (χ4v) is 1.59. The molecular weight excluding hydrogens is 179 g/mol. The highest BCUT2D eigenvalue weighted by Gasteiger charge is 2.40. The lowest BCUT2D eigenvalue weighted by Gasteiger charge is -2.13. The summed E-state index contributed by atoms with van der Waals surface area (Å²) in [5.74, 6) is 0.485. The number of rotatable bonds is 4. The zero-order valence-corrected chi connectivity index (χ0v) is 8.39. The van der Waals surface area contributed by atoms with E-state index in [1.54, 1.807) is 6.07 Å². The first-order valence-electron chi connectivity index (χ1n) is 5.10. The van der Waals surface area contributed by atoms with Crippen molar-refractivity contribution in [1.82, 2.24) is 4.98 Å². The van der Waals surface area contributed by atoms with Gasteiger partial charge in [0.25, 0.3) is 0 Å². The molecule has 0 saturated heterocycles. The summed E-state index contributed by atoms with van der Waals surface area (Å²) in [5.41, 5.74) is 0.496. The molecule has 1 aromatic rings. The maximum Gasteiger partial charge on any atom is 0.141 e. The summed E-state index contributed by atoms with van der Waals surface area (Å²) in [5, 5.41) is 3.25. The summed E-state index contributed by atoms with van der Waals surface area (Å²) >= 11 is 0. The molecule has 0 radical (unpaired) electrons. The van der Waals surface area contributed by atoms with E-state index in [1.165, 1.54) is 31.5 Å². The van der Waals surface area contributed by atoms with E-state index in [4.69, 9.17) is 0 Å². The minimum absolute atomic E-state index is 0.285. The van der Waals surface area contributed by atoms with Gasteiger partial charge in [0.15, 0.2) is 0 Å². The molecule has 3 heteroatoms. The van der Waals surface area contributed by atoms with Crippen molar-refractivity contribution in [2.75, 3.05) is 11.9 Å². The van der Waals surface area contributed by atoms with Crippen LogP contribution < -0.4 is 5.32 Å². The Balaban J connectivity index is 1.89. The molecule has 0 atom stereocenters. The summed E-state index contributed by atoms with van der Waals surface area (Å²) in [6.45, 7) is 3.18. The Hall–Kier alpha value is -1.12. The Morgan fingerprint density at radius 3 is 2.79 bits per heavy atom. The SMILES string of the molecule is CCC1(CNc2ccc(F)cn2)CC1. The highest BCUT2D eigenvalue weighted by molar-refractivity contribution is 5.34. The van der Waals surface area contributed by atoms with E-state index >= 15 is 0 Å². The summed E-state index contributed by atoms with van der Waals surface area (Å²) in [4.78, 5) is 3.96. The Bertz CT molecular complexity index is 304. The first-order valence-corrected chi connectivity index (χ1v) is 5.10. The second kappa shape index (κ2) is 3.56. The molecule has 1 aliphatic carbocycles. The highest BCUT2D eigenvalue weighted by atomic mass is 19.1. The number of halogens is 1. The van der Waals surface area contributed by atoms with Crippen molar-refractivity contribution in [2.45, 2.75) is 26.2 Å². The first-order chi connectivity index (χ1) is 6.74. The fraction of sp³-hybridized carbons (Fsp3) is 0.545. The second-order valence-electron chi connectivity index (χ2n) is 4.07. The molecule has 1 aromatic heterocycles. The van der Waals surface area contributed by atoms with E-state index in [1.807, 2.05) is 0 Å². The lowest BCUT2D eigenvalue weighted by Crippen LogP contribution is -2.14. The number of nitrogens with one attached hydrogen (secondary N) is 1. The smallest absolute Gasteiger partial charge is 0.141 e. The molecule has 14 heavy (non-hydrogen) atoms. The van der Waals surface area contributed by atoms with Gasteiger partial charge in [-0.3, -0.25) is 0 Å². The van der Waals surface area contributed by atoms with Gasteiger partial charge in [-0.1, -0.05) is 6.92 Å². The van der Waals surface area contributed by atoms with Crippen LogP contribution in [-0.2, 0) is 0 Å². The summed E-state index contributed by atoms with van der Waals surface area (Å²) in [7, 11) is 0. The average Bonchev–Trinajstić information content (AvgIpc) is 2.98. The van der Waals surface area contributed by atoms with Crippen LogP contribution in [0.5, 0.6) is 0 Å². The molecule has 0 aromatic carbocycles. The Morgan fingerprint density at radius 1 is 1.50 bits per heavy atom. The molecule has 1 aliphatic rings. The number of aromatic nitrogens is 1. The normalized spacial score (nSPS) is 17.9. The first kappa shape index (κ1) is 9.44. The maximum atomic E-state index is 12.5. The molecule has 1 fully saturated rings. The zero-order chi connectivity index (χ0) is 10.0. The fourth-order valence-electron chi connectivity index (χ4n) is 1.59. The van der Waals surface area contributed by atoms with Gasteiger partial charge in [0.2, 0.25) is 0 Å². The van der Waals surface area contributed by atoms with Crippen LogP contribution in [0.2, 0.25) is 0 Å². The molecule has 2 rings (SSSR count). The third kappa shape index (κ3) is 2.03. The van der Waals surface area contributed by atoms with Crippen LogP contribution in [0.15, 0.2) is 18.3 Å². The van der Waals surface area contributed by atoms with Crippen molar-refractivity contribution in [3.05, 3.63) is 24.1 Å². The molecule has 0 unspecified atom stereocenters. The average molecular weight is 194 g/mol. The van der Waals surface area contributed by atoms with Gasteiger partial charge in [-0.2, -0.15) is 0 Å². The van der Waals surface area contributed by atoms with E-state index in [-0.39, 0.29) is 5.82 Å². The third-order valence-electron chi connectivity index (χ3n) is 3.08. The number of pyridine rings is 1. The number of anilines is 1. The largest absolute Gasteiger partial charge is 0.370 e. The topological polar surface area (TPSA) is 24.9 Å². The number of hydrogen-bond donors (Lipinski definition) is 1. The van der Waals surface area contributed by atoms with Crippen LogP contribution in [-0.4, -0.2) is 11.5 Å². The maximum absolute atomic E-state index is 12.5. The van der Waals surface area contributed by atoms with Gasteiger partial charge < -0.3 is 5.32 Å². The molecule has 1 heterocycles. The van der Waals surface area contributed by atoms with Crippen LogP contribution in [0.4, 0.5) is 10.2 Å². The number of nitrogens with zero attached hydrogens (tertiary/aromatic N) is 1. The van der Waals surface area contributed by atoms with Gasteiger partial charge in [0, 0.05) is 6.54 Å². The van der Waals surface area contributed by atoms with Crippen LogP contribution >= 0.6 is 0 Å². The monoisotopic (exact) mass is 194 g/mol. The predicted octanol–water partition coefficient (Wildman–Crippen LogP) is 2.82. The third-order valence-corrected chi connectivity index (χ3v) is 3.08. The standard InChI is InChI=1S/C11H15FN2/c1-2-11(5-6-11)8-14-10-4-3-9(12)7-13-10/h3-4,7H,2,5-6,8H2,1H3,(H,13,14). The van der Waals surface area contributed by atoms with E-state index in [0.29, 0.717) is 5.41 Å². The van der Waals surface area contributed by atoms with E-state index in [2.05, 4.69) is 17.2 Å². The van der Waals surface area contributed by atoms with Crippen molar-refractivity contribution in [3.63, 3.8) is 0 Å². The molecule has 0 amide bonds. The van der Waals surface area contributed by atoms with Gasteiger partial charge in [-0.25, -0.2) is 9.37 Å². The van der Waals surface area contributed by atoms with Gasteiger partial charge in [-0.15, -0.1) is 0 Å².